The van der Waals surface area contributed by atoms with Gasteiger partial charge in [-0.1, -0.05) is 76.2 Å². The van der Waals surface area contributed by atoms with Crippen molar-refractivity contribution < 1.29 is 19.1 Å². The number of amides is 3. The molecule has 55 heavy (non-hydrogen) atoms. The van der Waals surface area contributed by atoms with Crippen LogP contribution in [0.5, 0.6) is 0 Å². The largest absolute Gasteiger partial charge is 0.436 e. The first-order chi connectivity index (χ1) is 26.5. The van der Waals surface area contributed by atoms with Crippen LogP contribution in [0.4, 0.5) is 4.79 Å². The van der Waals surface area contributed by atoms with Gasteiger partial charge in [0.2, 0.25) is 5.91 Å². The summed E-state index contributed by atoms with van der Waals surface area (Å²) >= 11 is 0. The number of carbonyl (C=O) groups is 3. The molecule has 14 heteroatoms. The fraction of sp³-hybridized carbons (Fsp3) is 0.463. The Hall–Kier alpha value is -5.66. The maximum atomic E-state index is 13.9. The number of primary amides is 1. The number of aromatic nitrogens is 4. The highest BCUT2D eigenvalue weighted by Crippen LogP contribution is 2.35. The molecule has 4 atom stereocenters. The monoisotopic (exact) mass is 748 g/mol. The van der Waals surface area contributed by atoms with E-state index in [4.69, 9.17) is 15.5 Å². The number of imidazole rings is 2. The van der Waals surface area contributed by atoms with E-state index in [2.05, 4.69) is 92.5 Å². The number of likely N-dealkylation sites (tertiary alicyclic amines) is 2. The number of nitrogens with two attached hydrogens (primary N) is 1. The predicted molar refractivity (Wildman–Crippen MR) is 210 cm³/mol. The topological polar surface area (TPSA) is 178 Å². The molecule has 3 aliphatic rings. The maximum absolute atomic E-state index is 13.9. The zero-order valence-corrected chi connectivity index (χ0v) is 32.3. The molecule has 2 aromatic heterocycles. The van der Waals surface area contributed by atoms with Crippen LogP contribution in [0.1, 0.15) is 77.1 Å². The molecule has 4 aromatic rings. The molecule has 0 unspecified atom stereocenters. The highest BCUT2D eigenvalue weighted by Gasteiger charge is 2.39. The van der Waals surface area contributed by atoms with E-state index < -0.39 is 12.2 Å². The van der Waals surface area contributed by atoms with Crippen LogP contribution in [0.3, 0.4) is 0 Å². The maximum Gasteiger partial charge on any atom is 0.405 e. The summed E-state index contributed by atoms with van der Waals surface area (Å²) in [4.78, 5) is 65.4. The highest BCUT2D eigenvalue weighted by molar-refractivity contribution is 5.90. The third-order valence-corrected chi connectivity index (χ3v) is 11.0. The van der Waals surface area contributed by atoms with Crippen molar-refractivity contribution in [2.75, 3.05) is 33.2 Å². The molecule has 290 valence electrons. The molecule has 2 aromatic carbocycles. The summed E-state index contributed by atoms with van der Waals surface area (Å²) in [5.74, 6) is 2.03. The lowest BCUT2D eigenvalue weighted by atomic mass is 10.0. The van der Waals surface area contributed by atoms with E-state index in [9.17, 15) is 14.4 Å². The number of benzene rings is 2. The molecule has 5 N–H and O–H groups in total. The predicted octanol–water partition coefficient (Wildman–Crippen LogP) is 5.50. The van der Waals surface area contributed by atoms with Gasteiger partial charge in [0.1, 0.15) is 17.7 Å². The van der Waals surface area contributed by atoms with Crippen LogP contribution in [0.25, 0.3) is 33.6 Å². The Labute approximate surface area is 321 Å². The van der Waals surface area contributed by atoms with Gasteiger partial charge in [-0.3, -0.25) is 14.6 Å². The van der Waals surface area contributed by atoms with E-state index in [-0.39, 0.29) is 41.8 Å². The smallest absolute Gasteiger partial charge is 0.405 e. The lowest BCUT2D eigenvalue weighted by Gasteiger charge is -2.31. The van der Waals surface area contributed by atoms with Crippen LogP contribution in [-0.2, 0) is 14.3 Å². The first-order valence-electron chi connectivity index (χ1n) is 19.4. The minimum atomic E-state index is -0.955. The standard InChI is InChI=1S/C41H52N10O4/c1-24(2)34(48-41-43-18-21-49(41)5)38(52)50-19-6-8-32(50)36-44-22-30(46-36)28-14-10-26(11-15-28)27-12-16-29(17-13-27)31-23-45-37(47-31)33-9-7-20-51(33)39(53)35(25(3)4)55-40(42)54/h10-17,22-25,32-35H,6-9,18-21H2,1-5H3,(H2,42,54)(H,43,48)(H,44,46)(H,45,47)/t32-,33-,34-,35-/m0/s1. The highest BCUT2D eigenvalue weighted by atomic mass is 16.6. The third kappa shape index (κ3) is 7.94. The Kier molecular flexibility index (Phi) is 10.9. The second kappa shape index (κ2) is 16.0. The summed E-state index contributed by atoms with van der Waals surface area (Å²) < 4.78 is 5.18. The molecule has 7 rings (SSSR count). The molecule has 0 spiro atoms. The van der Waals surface area contributed by atoms with Crippen molar-refractivity contribution in [3.8, 4) is 33.6 Å². The molecule has 2 fully saturated rings. The van der Waals surface area contributed by atoms with Gasteiger partial charge in [0.15, 0.2) is 12.1 Å². The number of hydrogen-bond donors (Lipinski definition) is 4. The van der Waals surface area contributed by atoms with Crippen LogP contribution in [0, 0.1) is 11.8 Å². The number of likely N-dealkylation sites (N-methyl/N-ethyl adjacent to an activating group) is 1. The zero-order valence-electron chi connectivity index (χ0n) is 32.3. The van der Waals surface area contributed by atoms with Gasteiger partial charge in [0.25, 0.3) is 5.91 Å². The Morgan fingerprint density at radius 2 is 1.24 bits per heavy atom. The summed E-state index contributed by atoms with van der Waals surface area (Å²) in [5, 5.41) is 3.42. The fourth-order valence-electron chi connectivity index (χ4n) is 7.90. The normalized spacial score (nSPS) is 19.6. The summed E-state index contributed by atoms with van der Waals surface area (Å²) in [5.41, 5.74) is 11.2. The Bertz CT molecular complexity index is 2020. The lowest BCUT2D eigenvalue weighted by molar-refractivity contribution is -0.143. The number of aromatic amines is 2. The molecule has 0 radical (unpaired) electrons. The van der Waals surface area contributed by atoms with Gasteiger partial charge < -0.3 is 40.5 Å². The molecule has 3 aliphatic heterocycles. The fourth-order valence-corrected chi connectivity index (χ4v) is 7.90. The minimum absolute atomic E-state index is 0.0859. The zero-order chi connectivity index (χ0) is 38.8. The van der Waals surface area contributed by atoms with E-state index >= 15 is 0 Å². The number of rotatable bonds is 11. The van der Waals surface area contributed by atoms with Gasteiger partial charge in [0.05, 0.1) is 42.4 Å². The van der Waals surface area contributed by atoms with Gasteiger partial charge in [-0.05, 0) is 59.8 Å². The molecule has 14 nitrogen and oxygen atoms in total. The Morgan fingerprint density at radius 1 is 0.745 bits per heavy atom. The van der Waals surface area contributed by atoms with Crippen molar-refractivity contribution in [1.29, 1.82) is 0 Å². The number of carbonyl (C=O) groups excluding carboxylic acids is 3. The Morgan fingerprint density at radius 3 is 1.67 bits per heavy atom. The van der Waals surface area contributed by atoms with Crippen LogP contribution < -0.4 is 11.1 Å². The molecule has 2 saturated heterocycles. The van der Waals surface area contributed by atoms with Crippen LogP contribution in [-0.4, -0.2) is 104 Å². The van der Waals surface area contributed by atoms with E-state index in [1.165, 1.54) is 0 Å². The second-order valence-electron chi connectivity index (χ2n) is 15.5. The average Bonchev–Trinajstić information content (AvgIpc) is 4.02. The van der Waals surface area contributed by atoms with Crippen molar-refractivity contribution >= 4 is 23.9 Å². The van der Waals surface area contributed by atoms with E-state index in [1.807, 2.05) is 32.0 Å². The van der Waals surface area contributed by atoms with Crippen LogP contribution in [0.2, 0.25) is 0 Å². The first kappa shape index (κ1) is 37.6. The van der Waals surface area contributed by atoms with E-state index in [0.717, 1.165) is 84.2 Å². The summed E-state index contributed by atoms with van der Waals surface area (Å²) in [6.45, 7) is 10.7. The number of ether oxygens (including phenoxy) is 1. The SMILES string of the molecule is CC(C)[C@H](NC1=NCCN1C)C(=O)N1CCC[C@H]1c1ncc(-c2ccc(-c3ccc(-c4cnc([C@@H]5CCCN5C(=O)[C@@H](OC(N)=O)C(C)C)[nH]4)cc3)cc2)[nH]1. The van der Waals surface area contributed by atoms with E-state index in [0.29, 0.717) is 18.9 Å². The third-order valence-electron chi connectivity index (χ3n) is 11.0. The van der Waals surface area contributed by atoms with Crippen molar-refractivity contribution in [2.24, 2.45) is 22.6 Å². The van der Waals surface area contributed by atoms with Gasteiger partial charge >= 0.3 is 6.09 Å². The molecule has 0 bridgehead atoms. The number of nitrogens with zero attached hydrogens (tertiary/aromatic N) is 6. The molecular weight excluding hydrogens is 697 g/mol. The Balaban J connectivity index is 0.997. The summed E-state index contributed by atoms with van der Waals surface area (Å²) in [6, 6.07) is 16.0. The van der Waals surface area contributed by atoms with Gasteiger partial charge in [0, 0.05) is 26.7 Å². The molecule has 3 amide bonds. The van der Waals surface area contributed by atoms with Crippen LogP contribution in [0.15, 0.2) is 65.9 Å². The first-order valence-corrected chi connectivity index (χ1v) is 19.4. The van der Waals surface area contributed by atoms with Crippen LogP contribution >= 0.6 is 0 Å². The average molecular weight is 749 g/mol. The number of aliphatic imine (C=N–C) groups is 1. The quantitative estimate of drug-likeness (QED) is 0.155. The molecule has 0 aliphatic carbocycles. The number of hydrogen-bond acceptors (Lipinski definition) is 9. The molecule has 5 heterocycles. The number of H-pyrrole nitrogens is 2. The van der Waals surface area contributed by atoms with Gasteiger partial charge in [-0.2, -0.15) is 0 Å². The molecule has 0 saturated carbocycles. The van der Waals surface area contributed by atoms with Gasteiger partial charge in [-0.25, -0.2) is 14.8 Å². The lowest BCUT2D eigenvalue weighted by Crippen LogP contribution is -2.53. The van der Waals surface area contributed by atoms with E-state index in [1.54, 1.807) is 11.1 Å². The second-order valence-corrected chi connectivity index (χ2v) is 15.5. The molecular formula is C41H52N10O4. The number of guanidine groups is 1. The van der Waals surface area contributed by atoms with Crippen molar-refractivity contribution in [1.82, 2.24) is 40.0 Å². The minimum Gasteiger partial charge on any atom is -0.436 e. The van der Waals surface area contributed by atoms with Gasteiger partial charge in [-0.15, -0.1) is 0 Å². The number of nitrogens with one attached hydrogen (secondary N) is 3. The summed E-state index contributed by atoms with van der Waals surface area (Å²) in [7, 11) is 2.00. The van der Waals surface area contributed by atoms with Crippen molar-refractivity contribution in [3.63, 3.8) is 0 Å². The summed E-state index contributed by atoms with van der Waals surface area (Å²) in [6.07, 6.45) is 5.15. The van der Waals surface area contributed by atoms with Crippen molar-refractivity contribution in [3.05, 3.63) is 72.6 Å². The van der Waals surface area contributed by atoms with Crippen molar-refractivity contribution in [2.45, 2.75) is 77.6 Å².